The molecule has 3 aromatic rings. The summed E-state index contributed by atoms with van der Waals surface area (Å²) in [6, 6.07) is 5.20. The summed E-state index contributed by atoms with van der Waals surface area (Å²) in [5, 5.41) is 12.8. The lowest BCUT2D eigenvalue weighted by molar-refractivity contribution is -0.141. The molecule has 2 N–H and O–H groups in total. The monoisotopic (exact) mass is 580 g/mol. The molecule has 2 aromatic heterocycles. The summed E-state index contributed by atoms with van der Waals surface area (Å²) in [5.74, 6) is -0.958. The van der Waals surface area contributed by atoms with Crippen LogP contribution in [0, 0.1) is 17.2 Å². The lowest BCUT2D eigenvalue weighted by atomic mass is 9.85. The molecule has 3 heterocycles. The Labute approximate surface area is 245 Å². The van der Waals surface area contributed by atoms with Crippen LogP contribution in [-0.2, 0) is 16.0 Å². The number of hydrogen-bond acceptors (Lipinski definition) is 6. The molecular formula is C31H41FN6O4. The first-order chi connectivity index (χ1) is 19.9. The van der Waals surface area contributed by atoms with Gasteiger partial charge in [0.05, 0.1) is 12.4 Å². The van der Waals surface area contributed by atoms with Crippen LogP contribution in [-0.4, -0.2) is 78.7 Å². The van der Waals surface area contributed by atoms with Gasteiger partial charge in [0, 0.05) is 37.8 Å². The zero-order valence-electron chi connectivity index (χ0n) is 25.0. The van der Waals surface area contributed by atoms with Crippen molar-refractivity contribution in [2.24, 2.45) is 11.3 Å². The summed E-state index contributed by atoms with van der Waals surface area (Å²) < 4.78 is 15.0. The highest BCUT2D eigenvalue weighted by molar-refractivity contribution is 5.93. The third-order valence-electron chi connectivity index (χ3n) is 7.94. The fraction of sp³-hybridized carbons (Fsp3) is 0.516. The number of carbonyl (C=O) groups is 3. The van der Waals surface area contributed by atoms with Crippen LogP contribution in [0.2, 0.25) is 0 Å². The molecule has 0 spiro atoms. The molecule has 0 radical (unpaired) electrons. The van der Waals surface area contributed by atoms with Crippen molar-refractivity contribution in [3.8, 4) is 5.75 Å². The van der Waals surface area contributed by atoms with Crippen molar-refractivity contribution in [3.05, 3.63) is 59.9 Å². The molecule has 0 aliphatic carbocycles. The number of nitrogens with one attached hydrogen (secondary N) is 1. The largest absolute Gasteiger partial charge is 0.505 e. The summed E-state index contributed by atoms with van der Waals surface area (Å²) in [5.41, 5.74) is 0.521. The van der Waals surface area contributed by atoms with Crippen LogP contribution < -0.4 is 5.32 Å². The molecule has 1 fully saturated rings. The fourth-order valence-corrected chi connectivity index (χ4v) is 5.18. The second kappa shape index (κ2) is 12.9. The molecule has 1 saturated heterocycles. The Hall–Kier alpha value is -4.02. The Kier molecular flexibility index (Phi) is 9.48. The summed E-state index contributed by atoms with van der Waals surface area (Å²) in [6.45, 7) is 10.7. The molecule has 3 atom stereocenters. The summed E-state index contributed by atoms with van der Waals surface area (Å²) in [7, 11) is 0. The maximum absolute atomic E-state index is 14.0. The first kappa shape index (κ1) is 30.9. The number of amides is 3. The van der Waals surface area contributed by atoms with Crippen LogP contribution in [0.5, 0.6) is 5.75 Å². The van der Waals surface area contributed by atoms with Gasteiger partial charge >= 0.3 is 0 Å². The molecule has 10 nitrogen and oxygen atoms in total. The number of nitrogens with zero attached hydrogens (tertiary/aromatic N) is 5. The minimum absolute atomic E-state index is 0.0546. The van der Waals surface area contributed by atoms with Gasteiger partial charge in [0.25, 0.3) is 5.91 Å². The van der Waals surface area contributed by atoms with E-state index < -0.39 is 11.5 Å². The second-order valence-corrected chi connectivity index (χ2v) is 12.2. The predicted octanol–water partition coefficient (Wildman–Crippen LogP) is 3.83. The van der Waals surface area contributed by atoms with Crippen molar-refractivity contribution in [2.75, 3.05) is 19.6 Å². The lowest BCUT2D eigenvalue weighted by Gasteiger charge is -2.37. The Morgan fingerprint density at radius 2 is 1.90 bits per heavy atom. The lowest BCUT2D eigenvalue weighted by Crippen LogP contribution is -2.57. The van der Waals surface area contributed by atoms with Gasteiger partial charge in [-0.1, -0.05) is 46.8 Å². The van der Waals surface area contributed by atoms with Gasteiger partial charge in [0.1, 0.15) is 17.6 Å². The summed E-state index contributed by atoms with van der Waals surface area (Å²) in [4.78, 5) is 52.5. The minimum Gasteiger partial charge on any atom is -0.505 e. The Balaban J connectivity index is 1.58. The number of hydrogen-bond donors (Lipinski definition) is 2. The van der Waals surface area contributed by atoms with Crippen molar-refractivity contribution in [2.45, 2.75) is 72.4 Å². The fourth-order valence-electron chi connectivity index (χ4n) is 5.18. The van der Waals surface area contributed by atoms with Crippen LogP contribution in [0.4, 0.5) is 4.39 Å². The average molecular weight is 581 g/mol. The van der Waals surface area contributed by atoms with Gasteiger partial charge in [0.15, 0.2) is 5.75 Å². The average Bonchev–Trinajstić information content (AvgIpc) is 3.59. The highest BCUT2D eigenvalue weighted by Crippen LogP contribution is 2.27. The number of imidazole rings is 1. The number of aromatic hydroxyl groups is 1. The van der Waals surface area contributed by atoms with Crippen molar-refractivity contribution < 1.29 is 23.9 Å². The van der Waals surface area contributed by atoms with Gasteiger partial charge in [-0.2, -0.15) is 0 Å². The molecule has 1 aliphatic rings. The van der Waals surface area contributed by atoms with Crippen LogP contribution in [0.3, 0.4) is 0 Å². The van der Waals surface area contributed by atoms with Gasteiger partial charge in [-0.3, -0.25) is 18.8 Å². The van der Waals surface area contributed by atoms with E-state index in [1.54, 1.807) is 21.9 Å². The predicted molar refractivity (Wildman–Crippen MR) is 156 cm³/mol. The van der Waals surface area contributed by atoms with Gasteiger partial charge < -0.3 is 20.2 Å². The molecule has 0 unspecified atom stereocenters. The number of aromatic nitrogens is 3. The zero-order valence-corrected chi connectivity index (χ0v) is 25.0. The van der Waals surface area contributed by atoms with Gasteiger partial charge in [-0.25, -0.2) is 14.4 Å². The molecule has 42 heavy (non-hydrogen) atoms. The van der Waals surface area contributed by atoms with Crippen molar-refractivity contribution in [3.63, 3.8) is 0 Å². The molecule has 3 amide bonds. The smallest absolute Gasteiger partial charge is 0.274 e. The highest BCUT2D eigenvalue weighted by Gasteiger charge is 2.41. The zero-order chi connectivity index (χ0) is 30.6. The number of carbonyl (C=O) groups excluding carboxylic acids is 3. The minimum atomic E-state index is -0.708. The topological polar surface area (TPSA) is 120 Å². The van der Waals surface area contributed by atoms with E-state index in [1.807, 2.05) is 34.6 Å². The van der Waals surface area contributed by atoms with E-state index in [9.17, 15) is 23.9 Å². The molecule has 226 valence electrons. The SMILES string of the molecule is CC[C@@H](C)C(=O)N[C@H](C(=O)N1CCC[C@H]1CN(CCc1ccc(F)cc1)C(=O)c1cn2cc(O)cnc2n1)C(C)(C)C. The maximum Gasteiger partial charge on any atom is 0.274 e. The summed E-state index contributed by atoms with van der Waals surface area (Å²) in [6.07, 6.45) is 6.85. The van der Waals surface area contributed by atoms with E-state index in [0.29, 0.717) is 32.4 Å². The first-order valence-electron chi connectivity index (χ1n) is 14.6. The Bertz CT molecular complexity index is 1420. The van der Waals surface area contributed by atoms with Gasteiger partial charge in [-0.15, -0.1) is 0 Å². The standard InChI is InChI=1S/C31H41FN6O4/c1-6-20(2)27(40)35-26(31(3,4)5)29(42)38-14-7-8-23(38)17-36(15-13-21-9-11-22(32)12-10-21)28(41)25-19-37-18-24(39)16-33-30(37)34-25/h9-12,16,18-20,23,26,39H,6-8,13-15,17H2,1-5H3,(H,35,40)/t20-,23+,26-/m1/s1. The number of likely N-dealkylation sites (tertiary alicyclic amines) is 1. The molecule has 1 aliphatic heterocycles. The molecule has 11 heteroatoms. The quantitative estimate of drug-likeness (QED) is 0.376. The van der Waals surface area contributed by atoms with Crippen LogP contribution in [0.1, 0.15) is 69.9 Å². The maximum atomic E-state index is 14.0. The summed E-state index contributed by atoms with van der Waals surface area (Å²) >= 11 is 0. The normalized spacial score (nSPS) is 16.8. The van der Waals surface area contributed by atoms with E-state index in [1.165, 1.54) is 35.1 Å². The van der Waals surface area contributed by atoms with E-state index in [4.69, 9.17) is 0 Å². The van der Waals surface area contributed by atoms with Crippen molar-refractivity contribution in [1.82, 2.24) is 29.5 Å². The van der Waals surface area contributed by atoms with Crippen LogP contribution in [0.25, 0.3) is 5.78 Å². The Morgan fingerprint density at radius 3 is 2.57 bits per heavy atom. The van der Waals surface area contributed by atoms with E-state index in [-0.39, 0.29) is 59.3 Å². The third kappa shape index (κ3) is 7.24. The number of rotatable bonds is 10. The van der Waals surface area contributed by atoms with Gasteiger partial charge in [-0.05, 0) is 48.8 Å². The third-order valence-corrected chi connectivity index (χ3v) is 7.94. The Morgan fingerprint density at radius 1 is 1.19 bits per heavy atom. The highest BCUT2D eigenvalue weighted by atomic mass is 19.1. The van der Waals surface area contributed by atoms with Crippen molar-refractivity contribution >= 4 is 23.5 Å². The van der Waals surface area contributed by atoms with E-state index >= 15 is 0 Å². The van der Waals surface area contributed by atoms with Crippen molar-refractivity contribution in [1.29, 1.82) is 0 Å². The molecule has 4 rings (SSSR count). The first-order valence-corrected chi connectivity index (χ1v) is 14.6. The molecular weight excluding hydrogens is 539 g/mol. The number of halogens is 1. The van der Waals surface area contributed by atoms with E-state index in [0.717, 1.165) is 12.0 Å². The van der Waals surface area contributed by atoms with Gasteiger partial charge in [0.2, 0.25) is 17.6 Å². The van der Waals surface area contributed by atoms with Crippen LogP contribution >= 0.6 is 0 Å². The number of fused-ring (bicyclic) bond motifs is 1. The molecule has 0 saturated carbocycles. The second-order valence-electron chi connectivity index (χ2n) is 12.2. The molecule has 1 aromatic carbocycles. The number of benzene rings is 1. The van der Waals surface area contributed by atoms with E-state index in [2.05, 4.69) is 15.3 Å². The van der Waals surface area contributed by atoms with Crippen LogP contribution in [0.15, 0.2) is 42.9 Å². The molecule has 0 bridgehead atoms.